The van der Waals surface area contributed by atoms with Crippen molar-refractivity contribution in [2.75, 3.05) is 6.61 Å². The van der Waals surface area contributed by atoms with E-state index < -0.39 is 8.07 Å². The zero-order valence-electron chi connectivity index (χ0n) is 10.2. The molecule has 0 spiro atoms. The number of carbonyl (C=O) groups is 1. The summed E-state index contributed by atoms with van der Waals surface area (Å²) in [5, 5.41) is 0. The van der Waals surface area contributed by atoms with Crippen LogP contribution < -0.4 is 0 Å². The molecule has 82 valence electrons. The van der Waals surface area contributed by atoms with Gasteiger partial charge >= 0.3 is 5.97 Å². The third-order valence-corrected chi connectivity index (χ3v) is 3.25. The van der Waals surface area contributed by atoms with E-state index >= 15 is 0 Å². The molecule has 0 bridgehead atoms. The molecular weight excluding hydrogens is 192 g/mol. The number of ether oxygens (including phenoxy) is 1. The summed E-state index contributed by atoms with van der Waals surface area (Å²) in [5.74, 6) is -0.130. The molecule has 0 aromatic rings. The summed E-state index contributed by atoms with van der Waals surface area (Å²) in [6, 6.07) is 0.911. The molecule has 0 fully saturated rings. The van der Waals surface area contributed by atoms with Crippen molar-refractivity contribution in [3.63, 3.8) is 0 Å². The molecule has 2 nitrogen and oxygen atoms in total. The fraction of sp³-hybridized carbons (Fsp3) is 0.727. The van der Waals surface area contributed by atoms with E-state index in [1.807, 2.05) is 20.8 Å². The highest BCUT2D eigenvalue weighted by atomic mass is 28.3. The molecule has 0 aliphatic carbocycles. The van der Waals surface area contributed by atoms with Gasteiger partial charge in [-0.25, -0.2) is 4.79 Å². The summed E-state index contributed by atoms with van der Waals surface area (Å²) in [4.78, 5) is 11.6. The van der Waals surface area contributed by atoms with Crippen LogP contribution in [-0.2, 0) is 9.53 Å². The SMILES string of the molecule is CCOC(=O)C(C[Si](C)(C)C)=C(C)C. The molecule has 0 aliphatic rings. The minimum Gasteiger partial charge on any atom is -0.463 e. The first-order valence-corrected chi connectivity index (χ1v) is 8.82. The molecule has 0 saturated carbocycles. The van der Waals surface area contributed by atoms with E-state index in [4.69, 9.17) is 4.74 Å². The minimum absolute atomic E-state index is 0.130. The first-order valence-electron chi connectivity index (χ1n) is 5.11. The maximum atomic E-state index is 11.6. The Kier molecular flexibility index (Phi) is 5.12. The molecule has 0 N–H and O–H groups in total. The topological polar surface area (TPSA) is 26.3 Å². The van der Waals surface area contributed by atoms with E-state index in [0.29, 0.717) is 6.61 Å². The lowest BCUT2D eigenvalue weighted by Crippen LogP contribution is -2.24. The fourth-order valence-electron chi connectivity index (χ4n) is 1.20. The largest absolute Gasteiger partial charge is 0.463 e. The number of hydrogen-bond acceptors (Lipinski definition) is 2. The molecule has 0 aliphatic heterocycles. The molecule has 0 amide bonds. The van der Waals surface area contributed by atoms with Crippen molar-refractivity contribution in [3.05, 3.63) is 11.1 Å². The van der Waals surface area contributed by atoms with Gasteiger partial charge in [0, 0.05) is 13.6 Å². The van der Waals surface area contributed by atoms with Crippen LogP contribution >= 0.6 is 0 Å². The van der Waals surface area contributed by atoms with Crippen LogP contribution in [0.1, 0.15) is 20.8 Å². The van der Waals surface area contributed by atoms with E-state index in [1.54, 1.807) is 0 Å². The van der Waals surface area contributed by atoms with Crippen LogP contribution in [0.5, 0.6) is 0 Å². The molecule has 0 aromatic carbocycles. The van der Waals surface area contributed by atoms with Crippen molar-refractivity contribution in [1.82, 2.24) is 0 Å². The van der Waals surface area contributed by atoms with Gasteiger partial charge in [-0.05, 0) is 26.8 Å². The molecule has 0 unspecified atom stereocenters. The maximum absolute atomic E-state index is 11.6. The minimum atomic E-state index is -1.23. The standard InChI is InChI=1S/C11H22O2Si/c1-7-13-11(12)10(9(2)3)8-14(4,5)6/h7-8H2,1-6H3. The molecule has 0 atom stereocenters. The maximum Gasteiger partial charge on any atom is 0.333 e. The van der Waals surface area contributed by atoms with Gasteiger partial charge in [0.2, 0.25) is 0 Å². The van der Waals surface area contributed by atoms with Gasteiger partial charge in [0.05, 0.1) is 6.61 Å². The van der Waals surface area contributed by atoms with E-state index in [9.17, 15) is 4.79 Å². The Labute approximate surface area is 88.4 Å². The lowest BCUT2D eigenvalue weighted by molar-refractivity contribution is -0.138. The van der Waals surface area contributed by atoms with Crippen molar-refractivity contribution in [2.24, 2.45) is 0 Å². The predicted molar refractivity (Wildman–Crippen MR) is 63.2 cm³/mol. The second-order valence-electron chi connectivity index (χ2n) is 4.94. The van der Waals surface area contributed by atoms with Gasteiger partial charge in [0.1, 0.15) is 0 Å². The summed E-state index contributed by atoms with van der Waals surface area (Å²) in [5.41, 5.74) is 1.97. The monoisotopic (exact) mass is 214 g/mol. The van der Waals surface area contributed by atoms with Crippen molar-refractivity contribution < 1.29 is 9.53 Å². The fourth-order valence-corrected chi connectivity index (χ4v) is 2.76. The second kappa shape index (κ2) is 5.34. The van der Waals surface area contributed by atoms with E-state index in [2.05, 4.69) is 19.6 Å². The number of hydrogen-bond donors (Lipinski definition) is 0. The summed E-state index contributed by atoms with van der Waals surface area (Å²) >= 11 is 0. The summed E-state index contributed by atoms with van der Waals surface area (Å²) in [6.45, 7) is 13.0. The average molecular weight is 214 g/mol. The summed E-state index contributed by atoms with van der Waals surface area (Å²) < 4.78 is 5.04. The van der Waals surface area contributed by atoms with Crippen LogP contribution in [0.15, 0.2) is 11.1 Å². The molecular formula is C11H22O2Si. The number of esters is 1. The molecule has 0 rings (SSSR count). The summed E-state index contributed by atoms with van der Waals surface area (Å²) in [6.07, 6.45) is 0. The van der Waals surface area contributed by atoms with Gasteiger partial charge in [-0.15, -0.1) is 0 Å². The Morgan fingerprint density at radius 3 is 2.00 bits per heavy atom. The molecule has 3 heteroatoms. The normalized spacial score (nSPS) is 11.0. The van der Waals surface area contributed by atoms with Gasteiger partial charge in [-0.3, -0.25) is 0 Å². The van der Waals surface area contributed by atoms with Crippen LogP contribution in [0.2, 0.25) is 25.7 Å². The van der Waals surface area contributed by atoms with Crippen LogP contribution in [0.4, 0.5) is 0 Å². The van der Waals surface area contributed by atoms with E-state index in [0.717, 1.165) is 17.2 Å². The number of allylic oxidation sites excluding steroid dienone is 1. The third-order valence-electron chi connectivity index (χ3n) is 1.83. The first kappa shape index (κ1) is 13.4. The van der Waals surface area contributed by atoms with Crippen LogP contribution in [-0.4, -0.2) is 20.7 Å². The van der Waals surface area contributed by atoms with Crippen molar-refractivity contribution in [1.29, 1.82) is 0 Å². The van der Waals surface area contributed by atoms with Gasteiger partial charge in [-0.2, -0.15) is 0 Å². The molecule has 0 saturated heterocycles. The Balaban J connectivity index is 4.65. The quantitative estimate of drug-likeness (QED) is 0.408. The van der Waals surface area contributed by atoms with Crippen molar-refractivity contribution in [3.8, 4) is 0 Å². The molecule has 0 heterocycles. The predicted octanol–water partition coefficient (Wildman–Crippen LogP) is 3.22. The first-order chi connectivity index (χ1) is 6.28. The van der Waals surface area contributed by atoms with E-state index in [1.165, 1.54) is 0 Å². The highest BCUT2D eigenvalue weighted by Gasteiger charge is 2.21. The smallest absolute Gasteiger partial charge is 0.333 e. The number of rotatable bonds is 4. The Morgan fingerprint density at radius 2 is 1.71 bits per heavy atom. The van der Waals surface area contributed by atoms with Gasteiger partial charge < -0.3 is 4.74 Å². The molecule has 14 heavy (non-hydrogen) atoms. The third kappa shape index (κ3) is 5.22. The Bertz CT molecular complexity index is 232. The average Bonchev–Trinajstić information content (AvgIpc) is 1.98. The number of carbonyl (C=O) groups excluding carboxylic acids is 1. The van der Waals surface area contributed by atoms with Gasteiger partial charge in [0.15, 0.2) is 0 Å². The zero-order chi connectivity index (χ0) is 11.4. The molecule has 0 aromatic heterocycles. The van der Waals surface area contributed by atoms with Crippen LogP contribution in [0.3, 0.4) is 0 Å². The van der Waals surface area contributed by atoms with Gasteiger partial charge in [0.25, 0.3) is 0 Å². The zero-order valence-corrected chi connectivity index (χ0v) is 11.2. The molecule has 0 radical (unpaired) electrons. The lowest BCUT2D eigenvalue weighted by Gasteiger charge is -2.18. The lowest BCUT2D eigenvalue weighted by atomic mass is 10.2. The summed E-state index contributed by atoms with van der Waals surface area (Å²) in [7, 11) is -1.23. The Hall–Kier alpha value is -0.573. The Morgan fingerprint density at radius 1 is 1.21 bits per heavy atom. The highest BCUT2D eigenvalue weighted by Crippen LogP contribution is 2.20. The van der Waals surface area contributed by atoms with Crippen molar-refractivity contribution in [2.45, 2.75) is 46.5 Å². The van der Waals surface area contributed by atoms with Crippen LogP contribution in [0, 0.1) is 0 Å². The van der Waals surface area contributed by atoms with Gasteiger partial charge in [-0.1, -0.05) is 25.2 Å². The van der Waals surface area contributed by atoms with E-state index in [-0.39, 0.29) is 5.97 Å². The van der Waals surface area contributed by atoms with Crippen LogP contribution in [0.25, 0.3) is 0 Å². The second-order valence-corrected chi connectivity index (χ2v) is 10.4. The highest BCUT2D eigenvalue weighted by molar-refractivity contribution is 6.77. The van der Waals surface area contributed by atoms with Crippen molar-refractivity contribution >= 4 is 14.0 Å².